The topological polar surface area (TPSA) is 119 Å². The van der Waals surface area contributed by atoms with Crippen molar-refractivity contribution in [2.75, 3.05) is 19.8 Å². The van der Waals surface area contributed by atoms with Gasteiger partial charge in [0, 0.05) is 12.6 Å². The molecule has 0 aliphatic carbocycles. The maximum absolute atomic E-state index is 13.8. The molecular formula is C29H53N3O7Si2. The van der Waals surface area contributed by atoms with E-state index in [0.717, 1.165) is 0 Å². The lowest BCUT2D eigenvalue weighted by molar-refractivity contribution is -0.141. The number of hydrogen-bond acceptors (Lipinski definition) is 9. The third kappa shape index (κ3) is 7.93. The van der Waals surface area contributed by atoms with Gasteiger partial charge in [0.2, 0.25) is 0 Å². The van der Waals surface area contributed by atoms with E-state index in [0.29, 0.717) is 12.0 Å². The van der Waals surface area contributed by atoms with Gasteiger partial charge in [-0.1, -0.05) is 55.4 Å². The van der Waals surface area contributed by atoms with Crippen LogP contribution >= 0.6 is 0 Å². The quantitative estimate of drug-likeness (QED) is 0.194. The molecule has 2 fully saturated rings. The SMILES string of the molecule is CCOC(=O)CNC=C(C#N)[C@H]1C[C@@H]2O[Si](C(C)C)(C(C)C)O[Si](C(C)C)(C(C)C)OC[C@H]2N1C(=O)OC(C)(C)C. The lowest BCUT2D eigenvalue weighted by Crippen LogP contribution is -2.66. The first kappa shape index (κ1) is 35.3. The second-order valence-electron chi connectivity index (χ2n) is 13.2. The summed E-state index contributed by atoms with van der Waals surface area (Å²) in [5.74, 6) is -0.430. The molecule has 2 rings (SSSR count). The van der Waals surface area contributed by atoms with Crippen LogP contribution in [0.25, 0.3) is 0 Å². The molecule has 234 valence electrons. The van der Waals surface area contributed by atoms with E-state index in [1.54, 1.807) is 11.8 Å². The van der Waals surface area contributed by atoms with Gasteiger partial charge in [0.1, 0.15) is 12.1 Å². The van der Waals surface area contributed by atoms with Crippen LogP contribution in [-0.4, -0.2) is 77.6 Å². The molecule has 2 aliphatic heterocycles. The Labute approximate surface area is 249 Å². The highest BCUT2D eigenvalue weighted by Gasteiger charge is 2.61. The Morgan fingerprint density at radius 1 is 1.05 bits per heavy atom. The molecule has 0 bridgehead atoms. The zero-order valence-electron chi connectivity index (χ0n) is 27.2. The number of carbonyl (C=O) groups excluding carboxylic acids is 2. The molecule has 0 aromatic heterocycles. The Morgan fingerprint density at radius 2 is 1.61 bits per heavy atom. The summed E-state index contributed by atoms with van der Waals surface area (Å²) in [5, 5.41) is 13.1. The summed E-state index contributed by atoms with van der Waals surface area (Å²) in [6.07, 6.45) is 0.921. The molecule has 1 N–H and O–H groups in total. The number of fused-ring (bicyclic) bond motifs is 1. The molecule has 0 unspecified atom stereocenters. The van der Waals surface area contributed by atoms with E-state index in [2.05, 4.69) is 66.8 Å². The van der Waals surface area contributed by atoms with E-state index in [-0.39, 0.29) is 41.9 Å². The van der Waals surface area contributed by atoms with Gasteiger partial charge in [-0.15, -0.1) is 0 Å². The third-order valence-corrected chi connectivity index (χ3v) is 18.1. The van der Waals surface area contributed by atoms with Gasteiger partial charge >= 0.3 is 29.2 Å². The molecule has 2 aliphatic rings. The van der Waals surface area contributed by atoms with Gasteiger partial charge in [0.15, 0.2) is 0 Å². The summed E-state index contributed by atoms with van der Waals surface area (Å²) in [6, 6.07) is 1.13. The summed E-state index contributed by atoms with van der Waals surface area (Å²) < 4.78 is 32.2. The number of amides is 1. The van der Waals surface area contributed by atoms with Crippen molar-refractivity contribution in [3.63, 3.8) is 0 Å². The van der Waals surface area contributed by atoms with Crippen LogP contribution in [-0.2, 0) is 27.2 Å². The van der Waals surface area contributed by atoms with Gasteiger partial charge in [0.25, 0.3) is 0 Å². The van der Waals surface area contributed by atoms with Crippen LogP contribution in [0.3, 0.4) is 0 Å². The van der Waals surface area contributed by atoms with E-state index < -0.39 is 53.0 Å². The molecule has 2 saturated heterocycles. The second-order valence-corrected chi connectivity index (χ2v) is 22.1. The number of nitrogens with zero attached hydrogens (tertiary/aromatic N) is 2. The van der Waals surface area contributed by atoms with Gasteiger partial charge in [0.05, 0.1) is 43.0 Å². The average Bonchev–Trinajstić information content (AvgIpc) is 3.17. The lowest BCUT2D eigenvalue weighted by atomic mass is 10.1. The Bertz CT molecular complexity index is 972. The first-order valence-electron chi connectivity index (χ1n) is 15.0. The van der Waals surface area contributed by atoms with E-state index in [9.17, 15) is 14.9 Å². The monoisotopic (exact) mass is 611 g/mol. The molecule has 10 nitrogen and oxygen atoms in total. The minimum absolute atomic E-state index is 0.0912. The average molecular weight is 612 g/mol. The maximum Gasteiger partial charge on any atom is 0.411 e. The van der Waals surface area contributed by atoms with E-state index in [1.165, 1.54) is 6.20 Å². The zero-order valence-corrected chi connectivity index (χ0v) is 29.2. The van der Waals surface area contributed by atoms with Crippen LogP contribution in [0.15, 0.2) is 11.8 Å². The predicted molar refractivity (Wildman–Crippen MR) is 162 cm³/mol. The fourth-order valence-electron chi connectivity index (χ4n) is 5.89. The predicted octanol–water partition coefficient (Wildman–Crippen LogP) is 5.88. The van der Waals surface area contributed by atoms with Crippen LogP contribution < -0.4 is 5.32 Å². The van der Waals surface area contributed by atoms with E-state index in [4.69, 9.17) is 22.4 Å². The summed E-state index contributed by atoms with van der Waals surface area (Å²) in [5.41, 5.74) is 0.116. The fraction of sp³-hybridized carbons (Fsp3) is 0.828. The largest absolute Gasteiger partial charge is 0.465 e. The smallest absolute Gasteiger partial charge is 0.411 e. The van der Waals surface area contributed by atoms with Crippen molar-refractivity contribution in [3.8, 4) is 6.07 Å². The number of nitrogens with one attached hydrogen (secondary N) is 1. The molecule has 2 heterocycles. The molecule has 0 spiro atoms. The molecule has 0 aromatic rings. The fourth-order valence-corrected chi connectivity index (χ4v) is 17.1. The standard InChI is InChI=1S/C29H53N3O7Si2/c1-13-35-27(33)17-31-16-23(15-30)24-14-26-25(32(24)28(34)37-29(10,11)12)18-36-40(19(2)3,20(4)5)39-41(38-26,21(6)7)22(8)9/h16,19-22,24-26,31H,13-14,17-18H2,1-12H3/t24-,25-,26+/m1/s1. The van der Waals surface area contributed by atoms with Crippen LogP contribution in [0.5, 0.6) is 0 Å². The molecule has 0 aromatic carbocycles. The lowest BCUT2D eigenvalue weighted by Gasteiger charge is -2.51. The highest BCUT2D eigenvalue weighted by molar-refractivity contribution is 6.84. The molecule has 41 heavy (non-hydrogen) atoms. The normalized spacial score (nSPS) is 24.6. The van der Waals surface area contributed by atoms with Gasteiger partial charge < -0.3 is 27.8 Å². The van der Waals surface area contributed by atoms with Crippen molar-refractivity contribution < 1.29 is 32.0 Å². The van der Waals surface area contributed by atoms with E-state index >= 15 is 0 Å². The zero-order chi connectivity index (χ0) is 31.3. The first-order chi connectivity index (χ1) is 19.0. The van der Waals surface area contributed by atoms with Crippen molar-refractivity contribution >= 4 is 29.2 Å². The summed E-state index contributed by atoms with van der Waals surface area (Å²) in [7, 11) is -5.76. The van der Waals surface area contributed by atoms with Crippen LogP contribution in [0, 0.1) is 11.3 Å². The van der Waals surface area contributed by atoms with Crippen LogP contribution in [0.2, 0.25) is 22.2 Å². The second kappa shape index (κ2) is 14.0. The number of ether oxygens (including phenoxy) is 2. The number of rotatable bonds is 9. The van der Waals surface area contributed by atoms with Gasteiger partial charge in [-0.05, 0) is 49.9 Å². The minimum atomic E-state index is -2.92. The molecule has 0 saturated carbocycles. The molecule has 1 amide bonds. The van der Waals surface area contributed by atoms with Gasteiger partial charge in [-0.2, -0.15) is 5.26 Å². The van der Waals surface area contributed by atoms with E-state index in [1.807, 2.05) is 20.8 Å². The summed E-state index contributed by atoms with van der Waals surface area (Å²) >= 11 is 0. The van der Waals surface area contributed by atoms with Crippen molar-refractivity contribution in [2.24, 2.45) is 0 Å². The molecule has 12 heteroatoms. The molecule has 0 radical (unpaired) electrons. The highest BCUT2D eigenvalue weighted by Crippen LogP contribution is 2.48. The molecular weight excluding hydrogens is 559 g/mol. The Kier molecular flexibility index (Phi) is 12.1. The number of carbonyl (C=O) groups is 2. The Hall–Kier alpha value is -1.92. The van der Waals surface area contributed by atoms with Crippen molar-refractivity contribution in [3.05, 3.63) is 11.8 Å². The first-order valence-corrected chi connectivity index (χ1v) is 18.9. The summed E-state index contributed by atoms with van der Waals surface area (Å²) in [6.45, 7) is 24.8. The number of likely N-dealkylation sites (tertiary alicyclic amines) is 1. The summed E-state index contributed by atoms with van der Waals surface area (Å²) in [4.78, 5) is 27.3. The number of esters is 1. The Morgan fingerprint density at radius 3 is 2.07 bits per heavy atom. The minimum Gasteiger partial charge on any atom is -0.465 e. The van der Waals surface area contributed by atoms with Gasteiger partial charge in [-0.3, -0.25) is 9.69 Å². The third-order valence-electron chi connectivity index (χ3n) is 7.83. The van der Waals surface area contributed by atoms with Crippen LogP contribution in [0.1, 0.15) is 89.5 Å². The maximum atomic E-state index is 13.8. The highest BCUT2D eigenvalue weighted by atomic mass is 28.5. The number of hydrogen-bond donors (Lipinski definition) is 1. The van der Waals surface area contributed by atoms with Crippen LogP contribution in [0.4, 0.5) is 4.79 Å². The van der Waals surface area contributed by atoms with Crippen molar-refractivity contribution in [2.45, 2.75) is 135 Å². The molecule has 3 atom stereocenters. The number of nitriles is 1. The van der Waals surface area contributed by atoms with Gasteiger partial charge in [-0.25, -0.2) is 4.79 Å². The Balaban J connectivity index is 2.66. The van der Waals surface area contributed by atoms with Crippen molar-refractivity contribution in [1.29, 1.82) is 5.26 Å². The van der Waals surface area contributed by atoms with Crippen molar-refractivity contribution in [1.82, 2.24) is 10.2 Å².